The van der Waals surface area contributed by atoms with E-state index in [0.717, 1.165) is 0 Å². The Bertz CT molecular complexity index is 646. The zero-order chi connectivity index (χ0) is 13.3. The quantitative estimate of drug-likeness (QED) is 0.814. The average molecular weight is 266 g/mol. The van der Waals surface area contributed by atoms with E-state index in [0.29, 0.717) is 17.2 Å². The molecule has 1 aromatic carbocycles. The maximum atomic E-state index is 12.3. The van der Waals surface area contributed by atoms with Gasteiger partial charge in [-0.2, -0.15) is 8.42 Å². The highest BCUT2D eigenvalue weighted by Gasteiger charge is 2.23. The Hall–Kier alpha value is -2.02. The topological polar surface area (TPSA) is 92.1 Å². The van der Waals surface area contributed by atoms with Crippen molar-refractivity contribution in [3.63, 3.8) is 0 Å². The number of hydrogen-bond donors (Lipinski definition) is 2. The molecule has 0 unspecified atom stereocenters. The number of nitrogens with one attached hydrogen (secondary N) is 1. The molecule has 0 saturated heterocycles. The summed E-state index contributed by atoms with van der Waals surface area (Å²) in [5, 5.41) is 0.0688. The average Bonchev–Trinajstić information content (AvgIpc) is 2.76. The fraction of sp³-hybridized carbons (Fsp3) is 0.182. The number of benzene rings is 1. The van der Waals surface area contributed by atoms with Crippen molar-refractivity contribution in [1.82, 2.24) is 9.97 Å². The number of aromatic nitrogens is 2. The molecule has 0 aliphatic carbocycles. The molecule has 1 heterocycles. The third kappa shape index (κ3) is 2.17. The van der Waals surface area contributed by atoms with Gasteiger partial charge in [-0.05, 0) is 31.2 Å². The molecule has 0 spiro atoms. The summed E-state index contributed by atoms with van der Waals surface area (Å²) in [6, 6.07) is 6.60. The van der Waals surface area contributed by atoms with Crippen LogP contribution in [-0.2, 0) is 10.0 Å². The molecule has 0 aliphatic heterocycles. The van der Waals surface area contributed by atoms with E-state index in [9.17, 15) is 8.42 Å². The SMILES string of the molecule is Cc1ncc(S(=O)(=O)N(C)c2ccc(N)cc2)[nH]1. The lowest BCUT2D eigenvalue weighted by Crippen LogP contribution is -2.26. The van der Waals surface area contributed by atoms with Crippen LogP contribution in [0.25, 0.3) is 0 Å². The summed E-state index contributed by atoms with van der Waals surface area (Å²) in [5.41, 5.74) is 6.69. The fourth-order valence-electron chi connectivity index (χ4n) is 1.50. The first-order valence-electron chi connectivity index (χ1n) is 5.27. The van der Waals surface area contributed by atoms with Gasteiger partial charge in [-0.25, -0.2) is 4.98 Å². The van der Waals surface area contributed by atoms with Crippen LogP contribution in [0.2, 0.25) is 0 Å². The number of H-pyrrole nitrogens is 1. The molecule has 96 valence electrons. The number of rotatable bonds is 3. The van der Waals surface area contributed by atoms with Crippen LogP contribution in [0, 0.1) is 6.92 Å². The standard InChI is InChI=1S/C11H14N4O2S/c1-8-13-7-11(14-8)18(16,17)15(2)10-5-3-9(12)4-6-10/h3-7H,12H2,1-2H3,(H,13,14). The molecule has 1 aromatic heterocycles. The number of nitrogen functional groups attached to an aromatic ring is 1. The van der Waals surface area contributed by atoms with Crippen LogP contribution in [0.5, 0.6) is 0 Å². The number of sulfonamides is 1. The van der Waals surface area contributed by atoms with Gasteiger partial charge in [-0.15, -0.1) is 0 Å². The lowest BCUT2D eigenvalue weighted by atomic mass is 10.3. The Morgan fingerprint density at radius 1 is 1.28 bits per heavy atom. The molecule has 0 radical (unpaired) electrons. The van der Waals surface area contributed by atoms with Crippen LogP contribution >= 0.6 is 0 Å². The van der Waals surface area contributed by atoms with Gasteiger partial charge >= 0.3 is 0 Å². The van der Waals surface area contributed by atoms with Gasteiger partial charge in [-0.1, -0.05) is 0 Å². The van der Waals surface area contributed by atoms with E-state index in [1.54, 1.807) is 31.2 Å². The van der Waals surface area contributed by atoms with Crippen molar-refractivity contribution >= 4 is 21.4 Å². The van der Waals surface area contributed by atoms with Crippen molar-refractivity contribution in [2.75, 3.05) is 17.1 Å². The molecule has 7 heteroatoms. The van der Waals surface area contributed by atoms with E-state index in [4.69, 9.17) is 5.73 Å². The van der Waals surface area contributed by atoms with E-state index in [1.807, 2.05) is 0 Å². The minimum Gasteiger partial charge on any atom is -0.399 e. The van der Waals surface area contributed by atoms with Crippen LogP contribution in [0.4, 0.5) is 11.4 Å². The van der Waals surface area contributed by atoms with E-state index in [-0.39, 0.29) is 5.03 Å². The summed E-state index contributed by atoms with van der Waals surface area (Å²) in [6.45, 7) is 1.70. The number of nitrogens with two attached hydrogens (primary N) is 1. The zero-order valence-electron chi connectivity index (χ0n) is 10.1. The van der Waals surface area contributed by atoms with Gasteiger partial charge < -0.3 is 10.7 Å². The van der Waals surface area contributed by atoms with E-state index in [2.05, 4.69) is 9.97 Å². The van der Waals surface area contributed by atoms with Gasteiger partial charge in [-0.3, -0.25) is 4.31 Å². The molecule has 6 nitrogen and oxygen atoms in total. The second-order valence-corrected chi connectivity index (χ2v) is 5.83. The maximum Gasteiger partial charge on any atom is 0.281 e. The molecule has 0 amide bonds. The Morgan fingerprint density at radius 3 is 2.39 bits per heavy atom. The number of imidazole rings is 1. The van der Waals surface area contributed by atoms with Crippen LogP contribution in [-0.4, -0.2) is 25.4 Å². The molecule has 18 heavy (non-hydrogen) atoms. The van der Waals surface area contributed by atoms with Gasteiger partial charge in [0.05, 0.1) is 11.9 Å². The highest BCUT2D eigenvalue weighted by molar-refractivity contribution is 7.92. The van der Waals surface area contributed by atoms with Crippen LogP contribution in [0.3, 0.4) is 0 Å². The second kappa shape index (κ2) is 4.34. The number of aryl methyl sites for hydroxylation is 1. The molecule has 2 rings (SSSR count). The van der Waals surface area contributed by atoms with Crippen molar-refractivity contribution in [2.45, 2.75) is 11.9 Å². The first-order chi connectivity index (χ1) is 8.41. The molecule has 0 saturated carbocycles. The lowest BCUT2D eigenvalue weighted by Gasteiger charge is -2.18. The molecule has 0 fully saturated rings. The fourth-order valence-corrected chi connectivity index (χ4v) is 2.66. The summed E-state index contributed by atoms with van der Waals surface area (Å²) < 4.78 is 25.7. The maximum absolute atomic E-state index is 12.3. The summed E-state index contributed by atoms with van der Waals surface area (Å²) in [5.74, 6) is 0.555. The van der Waals surface area contributed by atoms with Crippen LogP contribution in [0.1, 0.15) is 5.82 Å². The molecule has 0 bridgehead atoms. The minimum atomic E-state index is -3.61. The third-order valence-corrected chi connectivity index (χ3v) is 4.27. The number of anilines is 2. The largest absolute Gasteiger partial charge is 0.399 e. The highest BCUT2D eigenvalue weighted by atomic mass is 32.2. The van der Waals surface area contributed by atoms with Crippen LogP contribution < -0.4 is 10.0 Å². The summed E-state index contributed by atoms with van der Waals surface area (Å²) in [7, 11) is -2.13. The van der Waals surface area contributed by atoms with Crippen molar-refractivity contribution in [3.05, 3.63) is 36.3 Å². The number of hydrogen-bond acceptors (Lipinski definition) is 4. The Balaban J connectivity index is 2.39. The Labute approximate surface area is 106 Å². The Morgan fingerprint density at radius 2 is 1.89 bits per heavy atom. The molecule has 0 aliphatic rings. The van der Waals surface area contributed by atoms with Crippen LogP contribution in [0.15, 0.2) is 35.5 Å². The van der Waals surface area contributed by atoms with Gasteiger partial charge in [0.2, 0.25) is 0 Å². The number of aromatic amines is 1. The predicted octanol–water partition coefficient (Wildman–Crippen LogP) is 1.13. The summed E-state index contributed by atoms with van der Waals surface area (Å²) >= 11 is 0. The van der Waals surface area contributed by atoms with E-state index in [1.165, 1.54) is 17.5 Å². The minimum absolute atomic E-state index is 0.0688. The number of nitrogens with zero attached hydrogens (tertiary/aromatic N) is 2. The first kappa shape index (κ1) is 12.4. The molecular weight excluding hydrogens is 252 g/mol. The second-order valence-electron chi connectivity index (χ2n) is 3.90. The molecule has 3 N–H and O–H groups in total. The lowest BCUT2D eigenvalue weighted by molar-refractivity contribution is 0.591. The Kier molecular flexibility index (Phi) is 3.00. The van der Waals surface area contributed by atoms with Crippen molar-refractivity contribution in [1.29, 1.82) is 0 Å². The molecular formula is C11H14N4O2S. The molecule has 0 atom stereocenters. The van der Waals surface area contributed by atoms with Gasteiger partial charge in [0.1, 0.15) is 5.82 Å². The van der Waals surface area contributed by atoms with Crippen molar-refractivity contribution in [3.8, 4) is 0 Å². The van der Waals surface area contributed by atoms with Crippen molar-refractivity contribution < 1.29 is 8.42 Å². The zero-order valence-corrected chi connectivity index (χ0v) is 10.9. The normalized spacial score (nSPS) is 11.4. The molecule has 2 aromatic rings. The third-order valence-electron chi connectivity index (χ3n) is 2.57. The van der Waals surface area contributed by atoms with Crippen molar-refractivity contribution in [2.24, 2.45) is 0 Å². The predicted molar refractivity (Wildman–Crippen MR) is 69.8 cm³/mol. The van der Waals surface area contributed by atoms with E-state index >= 15 is 0 Å². The smallest absolute Gasteiger partial charge is 0.281 e. The highest BCUT2D eigenvalue weighted by Crippen LogP contribution is 2.21. The van der Waals surface area contributed by atoms with E-state index < -0.39 is 10.0 Å². The summed E-state index contributed by atoms with van der Waals surface area (Å²) in [4.78, 5) is 6.60. The monoisotopic (exact) mass is 266 g/mol. The van der Waals surface area contributed by atoms with Gasteiger partial charge in [0.25, 0.3) is 10.0 Å². The van der Waals surface area contributed by atoms with Gasteiger partial charge in [0.15, 0.2) is 5.03 Å². The summed E-state index contributed by atoms with van der Waals surface area (Å²) in [6.07, 6.45) is 1.30. The first-order valence-corrected chi connectivity index (χ1v) is 6.71. The van der Waals surface area contributed by atoms with Gasteiger partial charge in [0, 0.05) is 12.7 Å².